The summed E-state index contributed by atoms with van der Waals surface area (Å²) in [5, 5.41) is 11.2. The summed E-state index contributed by atoms with van der Waals surface area (Å²) < 4.78 is 4.95. The molecule has 188 valence electrons. The first-order chi connectivity index (χ1) is 15.3. The molecule has 0 aliphatic heterocycles. The van der Waals surface area contributed by atoms with Crippen molar-refractivity contribution in [1.29, 1.82) is 0 Å². The summed E-state index contributed by atoms with van der Waals surface area (Å²) in [6, 6.07) is 0. The van der Waals surface area contributed by atoms with E-state index in [-0.39, 0.29) is 23.4 Å². The molecule has 1 aliphatic carbocycles. The van der Waals surface area contributed by atoms with E-state index in [2.05, 4.69) is 20.8 Å². The van der Waals surface area contributed by atoms with Crippen LogP contribution in [0.3, 0.4) is 0 Å². The third-order valence-electron chi connectivity index (χ3n) is 7.03. The van der Waals surface area contributed by atoms with E-state index in [9.17, 15) is 14.7 Å². The highest BCUT2D eigenvalue weighted by atomic mass is 32.2. The average molecular weight is 471 g/mol. The summed E-state index contributed by atoms with van der Waals surface area (Å²) in [5.74, 6) is 1.28. The van der Waals surface area contributed by atoms with Gasteiger partial charge in [0, 0.05) is 29.8 Å². The summed E-state index contributed by atoms with van der Waals surface area (Å²) in [6.45, 7) is 8.91. The fraction of sp³-hybridized carbons (Fsp3) is 0.926. The van der Waals surface area contributed by atoms with Gasteiger partial charge in [-0.15, -0.1) is 0 Å². The molecule has 1 aliphatic rings. The number of rotatable bonds is 19. The molecule has 1 saturated carbocycles. The predicted molar refractivity (Wildman–Crippen MR) is 136 cm³/mol. The van der Waals surface area contributed by atoms with Crippen LogP contribution in [0.15, 0.2) is 0 Å². The fourth-order valence-electron chi connectivity index (χ4n) is 4.61. The molecule has 0 heterocycles. The molecule has 0 aromatic heterocycles. The van der Waals surface area contributed by atoms with Gasteiger partial charge in [0.05, 0.1) is 12.7 Å². The van der Waals surface area contributed by atoms with Crippen molar-refractivity contribution in [3.8, 4) is 0 Å². The molecular weight excluding hydrogens is 420 g/mol. The van der Waals surface area contributed by atoms with Gasteiger partial charge in [0.2, 0.25) is 0 Å². The maximum Gasteiger partial charge on any atom is 0.305 e. The Kier molecular flexibility index (Phi) is 15.6. The minimum absolute atomic E-state index is 0.0495. The number of ketones is 1. The van der Waals surface area contributed by atoms with E-state index in [0.717, 1.165) is 57.1 Å². The Bertz CT molecular complexity index is 520. The lowest BCUT2D eigenvalue weighted by molar-refractivity contribution is -0.143. The summed E-state index contributed by atoms with van der Waals surface area (Å²) in [6.07, 6.45) is 15.5. The van der Waals surface area contributed by atoms with Gasteiger partial charge in [-0.1, -0.05) is 78.6 Å². The van der Waals surface area contributed by atoms with Gasteiger partial charge < -0.3 is 9.84 Å². The minimum atomic E-state index is -0.305. The van der Waals surface area contributed by atoms with Crippen LogP contribution in [-0.2, 0) is 14.3 Å². The van der Waals surface area contributed by atoms with Crippen LogP contribution in [0.2, 0.25) is 0 Å². The van der Waals surface area contributed by atoms with Crippen LogP contribution >= 0.6 is 11.8 Å². The van der Waals surface area contributed by atoms with Crippen molar-refractivity contribution in [2.24, 2.45) is 11.3 Å². The van der Waals surface area contributed by atoms with Gasteiger partial charge in [0.1, 0.15) is 5.78 Å². The van der Waals surface area contributed by atoms with Gasteiger partial charge in [-0.05, 0) is 38.0 Å². The first-order valence-electron chi connectivity index (χ1n) is 13.3. The summed E-state index contributed by atoms with van der Waals surface area (Å²) in [5.41, 5.74) is -0.0495. The topological polar surface area (TPSA) is 63.6 Å². The molecule has 0 bridgehead atoms. The van der Waals surface area contributed by atoms with Crippen molar-refractivity contribution >= 4 is 23.5 Å². The molecule has 1 N–H and O–H groups in total. The van der Waals surface area contributed by atoms with E-state index in [4.69, 9.17) is 4.74 Å². The van der Waals surface area contributed by atoms with Crippen LogP contribution in [0.5, 0.6) is 0 Å². The highest BCUT2D eigenvalue weighted by Crippen LogP contribution is 2.38. The van der Waals surface area contributed by atoms with Crippen molar-refractivity contribution in [3.05, 3.63) is 0 Å². The van der Waals surface area contributed by atoms with E-state index in [1.54, 1.807) is 0 Å². The van der Waals surface area contributed by atoms with E-state index in [1.807, 2.05) is 18.7 Å². The molecule has 0 saturated heterocycles. The zero-order valence-corrected chi connectivity index (χ0v) is 22.1. The zero-order valence-electron chi connectivity index (χ0n) is 21.3. The van der Waals surface area contributed by atoms with Crippen LogP contribution in [-0.4, -0.2) is 40.6 Å². The Morgan fingerprint density at radius 3 is 2.41 bits per heavy atom. The van der Waals surface area contributed by atoms with Crippen molar-refractivity contribution in [3.63, 3.8) is 0 Å². The lowest BCUT2D eigenvalue weighted by atomic mass is 9.82. The van der Waals surface area contributed by atoms with Crippen molar-refractivity contribution in [2.45, 2.75) is 135 Å². The standard InChI is InChI=1S/C27H50O4S/c1-5-7-8-15-20-27(3,4)25(29)21-32-24-19-18-23(28)22(24)16-13-11-9-10-12-14-17-26(30)31-6-2/h22,24-25,29H,5-21H2,1-4H3. The van der Waals surface area contributed by atoms with Crippen LogP contribution in [0.25, 0.3) is 0 Å². The number of ether oxygens (including phenoxy) is 1. The zero-order chi connectivity index (χ0) is 23.8. The number of thioether (sulfide) groups is 1. The normalized spacial score (nSPS) is 20.0. The highest BCUT2D eigenvalue weighted by molar-refractivity contribution is 8.00. The Morgan fingerprint density at radius 1 is 1.06 bits per heavy atom. The van der Waals surface area contributed by atoms with E-state index in [1.165, 1.54) is 32.1 Å². The average Bonchev–Trinajstić information content (AvgIpc) is 3.11. The lowest BCUT2D eigenvalue weighted by Gasteiger charge is -2.31. The molecule has 0 aromatic carbocycles. The number of carbonyl (C=O) groups is 2. The second-order valence-corrected chi connectivity index (χ2v) is 11.5. The monoisotopic (exact) mass is 470 g/mol. The van der Waals surface area contributed by atoms with Crippen LogP contribution in [0.4, 0.5) is 0 Å². The van der Waals surface area contributed by atoms with Gasteiger partial charge >= 0.3 is 5.97 Å². The molecule has 1 rings (SSSR count). The Labute approximate surface area is 202 Å². The van der Waals surface area contributed by atoms with Crippen molar-refractivity contribution in [2.75, 3.05) is 12.4 Å². The molecule has 3 atom stereocenters. The molecule has 1 fully saturated rings. The maximum absolute atomic E-state index is 12.4. The van der Waals surface area contributed by atoms with Crippen molar-refractivity contribution < 1.29 is 19.4 Å². The molecule has 0 radical (unpaired) electrons. The maximum atomic E-state index is 12.4. The Hall–Kier alpha value is -0.550. The van der Waals surface area contributed by atoms with Gasteiger partial charge in [-0.2, -0.15) is 11.8 Å². The second kappa shape index (κ2) is 17.0. The van der Waals surface area contributed by atoms with Crippen LogP contribution in [0, 0.1) is 11.3 Å². The van der Waals surface area contributed by atoms with E-state index >= 15 is 0 Å². The number of carbonyl (C=O) groups excluding carboxylic acids is 2. The van der Waals surface area contributed by atoms with E-state index < -0.39 is 0 Å². The minimum Gasteiger partial charge on any atom is -0.466 e. The van der Waals surface area contributed by atoms with Crippen molar-refractivity contribution in [1.82, 2.24) is 0 Å². The van der Waals surface area contributed by atoms with Gasteiger partial charge in [0.15, 0.2) is 0 Å². The summed E-state index contributed by atoms with van der Waals surface area (Å²) in [7, 11) is 0. The predicted octanol–water partition coefficient (Wildman–Crippen LogP) is 7.11. The lowest BCUT2D eigenvalue weighted by Crippen LogP contribution is -2.32. The summed E-state index contributed by atoms with van der Waals surface area (Å²) >= 11 is 1.84. The second-order valence-electron chi connectivity index (χ2n) is 10.3. The van der Waals surface area contributed by atoms with Gasteiger partial charge in [-0.3, -0.25) is 9.59 Å². The summed E-state index contributed by atoms with van der Waals surface area (Å²) in [4.78, 5) is 23.8. The first-order valence-corrected chi connectivity index (χ1v) is 14.3. The molecule has 5 heteroatoms. The van der Waals surface area contributed by atoms with Crippen LogP contribution < -0.4 is 0 Å². The first kappa shape index (κ1) is 29.5. The van der Waals surface area contributed by atoms with E-state index in [0.29, 0.717) is 30.5 Å². The quantitative estimate of drug-likeness (QED) is 0.161. The Balaban J connectivity index is 2.22. The molecule has 0 aromatic rings. The molecular formula is C27H50O4S. The molecule has 0 amide bonds. The number of unbranched alkanes of at least 4 members (excludes halogenated alkanes) is 8. The smallest absolute Gasteiger partial charge is 0.305 e. The third kappa shape index (κ3) is 12.1. The Morgan fingerprint density at radius 2 is 1.72 bits per heavy atom. The number of aliphatic hydroxyl groups excluding tert-OH is 1. The number of hydrogen-bond acceptors (Lipinski definition) is 5. The largest absolute Gasteiger partial charge is 0.466 e. The number of esters is 1. The third-order valence-corrected chi connectivity index (χ3v) is 8.53. The number of aliphatic hydroxyl groups is 1. The molecule has 3 unspecified atom stereocenters. The SMILES string of the molecule is CCCCCCC(C)(C)C(O)CSC1CCC(=O)C1CCCCCCCCC(=O)OCC. The number of Topliss-reactive ketones (excluding diaryl/α,β-unsaturated/α-hetero) is 1. The molecule has 32 heavy (non-hydrogen) atoms. The highest BCUT2D eigenvalue weighted by Gasteiger charge is 2.36. The molecule has 4 nitrogen and oxygen atoms in total. The van der Waals surface area contributed by atoms with Crippen LogP contribution in [0.1, 0.15) is 124 Å². The fourth-order valence-corrected chi connectivity index (χ4v) is 6.30. The number of hydrogen-bond donors (Lipinski definition) is 1. The van der Waals surface area contributed by atoms with Gasteiger partial charge in [-0.25, -0.2) is 0 Å². The molecule has 0 spiro atoms. The van der Waals surface area contributed by atoms with Gasteiger partial charge in [0.25, 0.3) is 0 Å².